The number of hydrogen-bond donors (Lipinski definition) is 1. The van der Waals surface area contributed by atoms with Gasteiger partial charge in [-0.25, -0.2) is 0 Å². The molecular weight excluding hydrogens is 232 g/mol. The first-order valence-electron chi connectivity index (χ1n) is 6.22. The number of amides is 2. The SMILES string of the molecule is CCCCN(CCNC(=O)c1ccco1)C(C)=O. The van der Waals surface area contributed by atoms with Crippen molar-refractivity contribution in [1.29, 1.82) is 0 Å². The molecule has 5 nitrogen and oxygen atoms in total. The van der Waals surface area contributed by atoms with Crippen molar-refractivity contribution in [2.24, 2.45) is 0 Å². The molecule has 0 spiro atoms. The van der Waals surface area contributed by atoms with E-state index in [1.165, 1.54) is 6.26 Å². The predicted molar refractivity (Wildman–Crippen MR) is 68.2 cm³/mol. The lowest BCUT2D eigenvalue weighted by Gasteiger charge is -2.20. The van der Waals surface area contributed by atoms with E-state index in [1.54, 1.807) is 24.0 Å². The molecule has 5 heteroatoms. The summed E-state index contributed by atoms with van der Waals surface area (Å²) in [6.45, 7) is 5.33. The van der Waals surface area contributed by atoms with Crippen LogP contribution in [0.4, 0.5) is 0 Å². The molecule has 0 radical (unpaired) electrons. The predicted octanol–water partition coefficient (Wildman–Crippen LogP) is 1.66. The van der Waals surface area contributed by atoms with Gasteiger partial charge in [0.05, 0.1) is 6.26 Å². The molecule has 0 fully saturated rings. The van der Waals surface area contributed by atoms with E-state index in [4.69, 9.17) is 4.42 Å². The number of carbonyl (C=O) groups excluding carboxylic acids is 2. The minimum Gasteiger partial charge on any atom is -0.459 e. The molecule has 0 unspecified atom stereocenters. The third kappa shape index (κ3) is 4.61. The van der Waals surface area contributed by atoms with Crippen molar-refractivity contribution in [1.82, 2.24) is 10.2 Å². The highest BCUT2D eigenvalue weighted by molar-refractivity contribution is 5.91. The van der Waals surface area contributed by atoms with Gasteiger partial charge in [0, 0.05) is 26.6 Å². The van der Waals surface area contributed by atoms with Crippen molar-refractivity contribution in [3.05, 3.63) is 24.2 Å². The van der Waals surface area contributed by atoms with Crippen LogP contribution in [0.3, 0.4) is 0 Å². The van der Waals surface area contributed by atoms with Crippen LogP contribution >= 0.6 is 0 Å². The van der Waals surface area contributed by atoms with Gasteiger partial charge >= 0.3 is 0 Å². The van der Waals surface area contributed by atoms with E-state index < -0.39 is 0 Å². The average Bonchev–Trinajstić information content (AvgIpc) is 2.86. The Morgan fingerprint density at radius 2 is 2.17 bits per heavy atom. The lowest BCUT2D eigenvalue weighted by molar-refractivity contribution is -0.128. The van der Waals surface area contributed by atoms with Gasteiger partial charge in [-0.3, -0.25) is 9.59 Å². The molecular formula is C13H20N2O3. The Morgan fingerprint density at radius 1 is 1.39 bits per heavy atom. The van der Waals surface area contributed by atoms with E-state index in [9.17, 15) is 9.59 Å². The van der Waals surface area contributed by atoms with Gasteiger partial charge in [-0.05, 0) is 18.6 Å². The van der Waals surface area contributed by atoms with Crippen LogP contribution < -0.4 is 5.32 Å². The maximum atomic E-state index is 11.6. The Labute approximate surface area is 107 Å². The zero-order valence-electron chi connectivity index (χ0n) is 10.9. The second-order valence-corrected chi connectivity index (χ2v) is 4.09. The normalized spacial score (nSPS) is 10.1. The fraction of sp³-hybridized carbons (Fsp3) is 0.538. The first-order chi connectivity index (χ1) is 8.65. The van der Waals surface area contributed by atoms with Gasteiger partial charge in [-0.1, -0.05) is 13.3 Å². The van der Waals surface area contributed by atoms with Crippen LogP contribution in [-0.4, -0.2) is 36.3 Å². The molecule has 0 saturated heterocycles. The van der Waals surface area contributed by atoms with Crippen LogP contribution in [0.1, 0.15) is 37.2 Å². The summed E-state index contributed by atoms with van der Waals surface area (Å²) in [6.07, 6.45) is 3.48. The average molecular weight is 252 g/mol. The lowest BCUT2D eigenvalue weighted by Crippen LogP contribution is -2.37. The number of hydrogen-bond acceptors (Lipinski definition) is 3. The molecule has 2 amide bonds. The summed E-state index contributed by atoms with van der Waals surface area (Å²) in [5, 5.41) is 2.72. The fourth-order valence-electron chi connectivity index (χ4n) is 1.57. The van der Waals surface area contributed by atoms with Gasteiger partial charge in [0.15, 0.2) is 5.76 Å². The molecule has 0 aliphatic heterocycles. The van der Waals surface area contributed by atoms with Gasteiger partial charge in [-0.2, -0.15) is 0 Å². The van der Waals surface area contributed by atoms with Crippen LogP contribution in [0.25, 0.3) is 0 Å². The van der Waals surface area contributed by atoms with Gasteiger partial charge in [0.25, 0.3) is 5.91 Å². The van der Waals surface area contributed by atoms with Gasteiger partial charge in [0.2, 0.25) is 5.91 Å². The molecule has 0 atom stereocenters. The van der Waals surface area contributed by atoms with E-state index >= 15 is 0 Å². The second-order valence-electron chi connectivity index (χ2n) is 4.09. The Hall–Kier alpha value is -1.78. The number of nitrogens with one attached hydrogen (secondary N) is 1. The Bertz CT molecular complexity index is 374. The highest BCUT2D eigenvalue weighted by atomic mass is 16.3. The van der Waals surface area contributed by atoms with Crippen molar-refractivity contribution in [3.8, 4) is 0 Å². The Kier molecular flexibility index (Phi) is 5.97. The Morgan fingerprint density at radius 3 is 2.72 bits per heavy atom. The molecule has 0 aromatic carbocycles. The molecule has 0 aliphatic rings. The number of furan rings is 1. The molecule has 0 bridgehead atoms. The molecule has 1 N–H and O–H groups in total. The van der Waals surface area contributed by atoms with Crippen LogP contribution in [0.15, 0.2) is 22.8 Å². The summed E-state index contributed by atoms with van der Waals surface area (Å²) >= 11 is 0. The fourth-order valence-corrected chi connectivity index (χ4v) is 1.57. The van der Waals surface area contributed by atoms with E-state index in [0.29, 0.717) is 13.1 Å². The number of carbonyl (C=O) groups is 2. The maximum absolute atomic E-state index is 11.6. The molecule has 1 rings (SSSR count). The molecule has 18 heavy (non-hydrogen) atoms. The molecule has 0 aliphatic carbocycles. The van der Waals surface area contributed by atoms with Crippen molar-refractivity contribution < 1.29 is 14.0 Å². The number of nitrogens with zero attached hydrogens (tertiary/aromatic N) is 1. The molecule has 0 saturated carbocycles. The van der Waals surface area contributed by atoms with Crippen LogP contribution in [-0.2, 0) is 4.79 Å². The quantitative estimate of drug-likeness (QED) is 0.802. The first kappa shape index (κ1) is 14.3. The zero-order chi connectivity index (χ0) is 13.4. The zero-order valence-corrected chi connectivity index (χ0v) is 10.9. The summed E-state index contributed by atoms with van der Waals surface area (Å²) in [5.74, 6) is 0.0765. The summed E-state index contributed by atoms with van der Waals surface area (Å²) in [7, 11) is 0. The smallest absolute Gasteiger partial charge is 0.287 e. The highest BCUT2D eigenvalue weighted by Gasteiger charge is 2.10. The highest BCUT2D eigenvalue weighted by Crippen LogP contribution is 1.99. The molecule has 1 aromatic rings. The largest absolute Gasteiger partial charge is 0.459 e. The standard InChI is InChI=1S/C13H20N2O3/c1-3-4-8-15(11(2)16)9-7-14-13(17)12-6-5-10-18-12/h5-6,10H,3-4,7-9H2,1-2H3,(H,14,17). The molecule has 1 heterocycles. The minimum atomic E-state index is -0.251. The topological polar surface area (TPSA) is 62.6 Å². The van der Waals surface area contributed by atoms with Crippen LogP contribution in [0.5, 0.6) is 0 Å². The third-order valence-electron chi connectivity index (χ3n) is 2.64. The van der Waals surface area contributed by atoms with Crippen molar-refractivity contribution in [2.75, 3.05) is 19.6 Å². The van der Waals surface area contributed by atoms with E-state index in [0.717, 1.165) is 19.4 Å². The monoisotopic (exact) mass is 252 g/mol. The van der Waals surface area contributed by atoms with Gasteiger partial charge < -0.3 is 14.6 Å². The molecule has 1 aromatic heterocycles. The van der Waals surface area contributed by atoms with Crippen molar-refractivity contribution >= 4 is 11.8 Å². The van der Waals surface area contributed by atoms with Gasteiger partial charge in [-0.15, -0.1) is 0 Å². The van der Waals surface area contributed by atoms with E-state index in [1.807, 2.05) is 0 Å². The summed E-state index contributed by atoms with van der Waals surface area (Å²) in [5.41, 5.74) is 0. The maximum Gasteiger partial charge on any atom is 0.287 e. The lowest BCUT2D eigenvalue weighted by atomic mass is 10.3. The second kappa shape index (κ2) is 7.53. The van der Waals surface area contributed by atoms with E-state index in [2.05, 4.69) is 12.2 Å². The van der Waals surface area contributed by atoms with Crippen LogP contribution in [0.2, 0.25) is 0 Å². The minimum absolute atomic E-state index is 0.0377. The molecule has 100 valence electrons. The van der Waals surface area contributed by atoms with Crippen molar-refractivity contribution in [3.63, 3.8) is 0 Å². The summed E-state index contributed by atoms with van der Waals surface area (Å²) < 4.78 is 4.97. The number of rotatable bonds is 7. The Balaban J connectivity index is 2.30. The number of unbranched alkanes of at least 4 members (excludes halogenated alkanes) is 1. The first-order valence-corrected chi connectivity index (χ1v) is 6.22. The van der Waals surface area contributed by atoms with Crippen LogP contribution in [0, 0.1) is 0 Å². The van der Waals surface area contributed by atoms with Crippen molar-refractivity contribution in [2.45, 2.75) is 26.7 Å². The van der Waals surface area contributed by atoms with E-state index in [-0.39, 0.29) is 17.6 Å². The third-order valence-corrected chi connectivity index (χ3v) is 2.64. The van der Waals surface area contributed by atoms with Gasteiger partial charge in [0.1, 0.15) is 0 Å². The summed E-state index contributed by atoms with van der Waals surface area (Å²) in [6, 6.07) is 3.27. The summed E-state index contributed by atoms with van der Waals surface area (Å²) in [4.78, 5) is 24.7.